The fourth-order valence-electron chi connectivity index (χ4n) is 3.51. The Balaban J connectivity index is 1.55. The molecule has 1 unspecified atom stereocenters. The Morgan fingerprint density at radius 2 is 1.90 bits per heavy atom. The van der Waals surface area contributed by atoms with E-state index in [-0.39, 0.29) is 25.5 Å². The highest BCUT2D eigenvalue weighted by Gasteiger charge is 2.36. The first-order valence-corrected chi connectivity index (χ1v) is 9.92. The average Bonchev–Trinajstić information content (AvgIpc) is 3.15. The summed E-state index contributed by atoms with van der Waals surface area (Å²) < 4.78 is 10.3. The van der Waals surface area contributed by atoms with Gasteiger partial charge in [-0.05, 0) is 48.7 Å². The van der Waals surface area contributed by atoms with Crippen LogP contribution in [0.5, 0.6) is 5.75 Å². The molecule has 1 aliphatic rings. The molecule has 2 aromatic carbocycles. The molecular formula is C23H26N2O5. The van der Waals surface area contributed by atoms with Gasteiger partial charge >= 0.3 is 5.97 Å². The van der Waals surface area contributed by atoms with Crippen molar-refractivity contribution in [3.05, 3.63) is 53.6 Å². The first kappa shape index (κ1) is 21.4. The third kappa shape index (κ3) is 4.79. The second-order valence-electron chi connectivity index (χ2n) is 7.22. The molecule has 1 N–H and O–H groups in total. The van der Waals surface area contributed by atoms with Crippen LogP contribution in [0.1, 0.15) is 24.5 Å². The van der Waals surface area contributed by atoms with E-state index < -0.39 is 17.8 Å². The Hall–Kier alpha value is -3.35. The molecule has 0 saturated carbocycles. The Morgan fingerprint density at radius 1 is 1.17 bits per heavy atom. The zero-order valence-electron chi connectivity index (χ0n) is 17.4. The lowest BCUT2D eigenvalue weighted by atomic mass is 10.1. The Morgan fingerprint density at radius 3 is 2.57 bits per heavy atom. The SMILES string of the molecule is CCc1cccc(C)c1NC(=O)COC(=O)C1CC(=O)N(c2ccc(OC)cc2)C1. The number of nitrogens with zero attached hydrogens (tertiary/aromatic N) is 1. The van der Waals surface area contributed by atoms with Crippen LogP contribution in [0.2, 0.25) is 0 Å². The van der Waals surface area contributed by atoms with Gasteiger partial charge in [0, 0.05) is 24.3 Å². The minimum atomic E-state index is -0.600. The van der Waals surface area contributed by atoms with Crippen molar-refractivity contribution in [1.29, 1.82) is 0 Å². The van der Waals surface area contributed by atoms with Gasteiger partial charge in [-0.1, -0.05) is 25.1 Å². The monoisotopic (exact) mass is 410 g/mol. The van der Waals surface area contributed by atoms with Crippen LogP contribution >= 0.6 is 0 Å². The lowest BCUT2D eigenvalue weighted by Crippen LogP contribution is -2.28. The number of methoxy groups -OCH3 is 1. The van der Waals surface area contributed by atoms with Crippen molar-refractivity contribution in [3.63, 3.8) is 0 Å². The number of nitrogens with one attached hydrogen (secondary N) is 1. The van der Waals surface area contributed by atoms with Crippen molar-refractivity contribution in [1.82, 2.24) is 0 Å². The van der Waals surface area contributed by atoms with Crippen molar-refractivity contribution in [2.24, 2.45) is 5.92 Å². The molecule has 7 nitrogen and oxygen atoms in total. The molecule has 7 heteroatoms. The fourth-order valence-corrected chi connectivity index (χ4v) is 3.51. The van der Waals surface area contributed by atoms with E-state index in [9.17, 15) is 14.4 Å². The van der Waals surface area contributed by atoms with E-state index in [4.69, 9.17) is 9.47 Å². The number of ether oxygens (including phenoxy) is 2. The van der Waals surface area contributed by atoms with Gasteiger partial charge in [-0.15, -0.1) is 0 Å². The van der Waals surface area contributed by atoms with Crippen molar-refractivity contribution in [2.45, 2.75) is 26.7 Å². The zero-order chi connectivity index (χ0) is 21.7. The third-order valence-electron chi connectivity index (χ3n) is 5.19. The molecule has 1 aliphatic heterocycles. The second-order valence-corrected chi connectivity index (χ2v) is 7.22. The molecule has 3 rings (SSSR count). The van der Waals surface area contributed by atoms with Gasteiger partial charge in [-0.25, -0.2) is 0 Å². The number of para-hydroxylation sites is 1. The summed E-state index contributed by atoms with van der Waals surface area (Å²) in [6.07, 6.45) is 0.840. The molecule has 0 bridgehead atoms. The van der Waals surface area contributed by atoms with E-state index in [2.05, 4.69) is 5.32 Å². The summed E-state index contributed by atoms with van der Waals surface area (Å²) in [5.41, 5.74) is 3.42. The lowest BCUT2D eigenvalue weighted by molar-refractivity contribution is -0.151. The first-order valence-electron chi connectivity index (χ1n) is 9.92. The number of carbonyl (C=O) groups excluding carboxylic acids is 3. The highest BCUT2D eigenvalue weighted by Crippen LogP contribution is 2.27. The van der Waals surface area contributed by atoms with Crippen LogP contribution in [-0.4, -0.2) is 38.0 Å². The van der Waals surface area contributed by atoms with Gasteiger partial charge < -0.3 is 19.7 Å². The fraction of sp³-hybridized carbons (Fsp3) is 0.348. The standard InChI is InChI=1S/C23H26N2O5/c1-4-16-7-5-6-15(2)22(16)24-20(26)14-30-23(28)17-12-21(27)25(13-17)18-8-10-19(29-3)11-9-18/h5-11,17H,4,12-14H2,1-3H3,(H,24,26). The van der Waals surface area contributed by atoms with Crippen LogP contribution in [0.4, 0.5) is 11.4 Å². The van der Waals surface area contributed by atoms with Crippen molar-refractivity contribution in [2.75, 3.05) is 30.5 Å². The number of amides is 2. The Labute approximate surface area is 176 Å². The highest BCUT2D eigenvalue weighted by molar-refractivity contribution is 6.00. The Kier molecular flexibility index (Phi) is 6.72. The molecule has 1 atom stereocenters. The van der Waals surface area contributed by atoms with Gasteiger partial charge in [0.25, 0.3) is 5.91 Å². The maximum absolute atomic E-state index is 12.4. The molecule has 0 aromatic heterocycles. The van der Waals surface area contributed by atoms with Gasteiger partial charge in [-0.3, -0.25) is 14.4 Å². The molecule has 2 amide bonds. The predicted molar refractivity (Wildman–Crippen MR) is 114 cm³/mol. The maximum Gasteiger partial charge on any atom is 0.311 e. The molecule has 30 heavy (non-hydrogen) atoms. The minimum absolute atomic E-state index is 0.0598. The van der Waals surface area contributed by atoms with Crippen LogP contribution in [0, 0.1) is 12.8 Å². The average molecular weight is 410 g/mol. The number of anilines is 2. The largest absolute Gasteiger partial charge is 0.497 e. The Bertz CT molecular complexity index is 939. The van der Waals surface area contributed by atoms with Crippen LogP contribution in [0.3, 0.4) is 0 Å². The predicted octanol–water partition coefficient (Wildman–Crippen LogP) is 3.10. The molecule has 0 radical (unpaired) electrons. The molecule has 0 spiro atoms. The summed E-state index contributed by atoms with van der Waals surface area (Å²) in [6, 6.07) is 12.9. The van der Waals surface area contributed by atoms with Crippen LogP contribution in [0.25, 0.3) is 0 Å². The molecule has 0 aliphatic carbocycles. The summed E-state index contributed by atoms with van der Waals surface area (Å²) in [7, 11) is 1.57. The van der Waals surface area contributed by atoms with E-state index in [1.165, 1.54) is 0 Å². The van der Waals surface area contributed by atoms with Gasteiger partial charge in [0.2, 0.25) is 5.91 Å². The molecule has 1 saturated heterocycles. The maximum atomic E-state index is 12.4. The number of esters is 1. The molecule has 2 aromatic rings. The first-order chi connectivity index (χ1) is 14.4. The van der Waals surface area contributed by atoms with Gasteiger partial charge in [0.1, 0.15) is 5.75 Å². The quantitative estimate of drug-likeness (QED) is 0.709. The van der Waals surface area contributed by atoms with Crippen LogP contribution < -0.4 is 15.0 Å². The molecule has 1 fully saturated rings. The second kappa shape index (κ2) is 9.43. The van der Waals surface area contributed by atoms with Gasteiger partial charge in [0.15, 0.2) is 6.61 Å². The number of carbonyl (C=O) groups is 3. The van der Waals surface area contributed by atoms with E-state index in [1.807, 2.05) is 32.0 Å². The summed E-state index contributed by atoms with van der Waals surface area (Å²) in [5, 5.41) is 2.82. The summed E-state index contributed by atoms with van der Waals surface area (Å²) >= 11 is 0. The van der Waals surface area contributed by atoms with E-state index in [0.29, 0.717) is 11.4 Å². The molecular weight excluding hydrogens is 384 g/mol. The number of hydrogen-bond donors (Lipinski definition) is 1. The normalized spacial score (nSPS) is 15.8. The summed E-state index contributed by atoms with van der Waals surface area (Å²) in [5.74, 6) is -1.01. The van der Waals surface area contributed by atoms with Crippen LogP contribution in [-0.2, 0) is 25.5 Å². The molecule has 1 heterocycles. The van der Waals surface area contributed by atoms with E-state index in [1.54, 1.807) is 36.3 Å². The van der Waals surface area contributed by atoms with Gasteiger partial charge in [0.05, 0.1) is 13.0 Å². The minimum Gasteiger partial charge on any atom is -0.497 e. The van der Waals surface area contributed by atoms with E-state index >= 15 is 0 Å². The zero-order valence-corrected chi connectivity index (χ0v) is 17.4. The smallest absolute Gasteiger partial charge is 0.311 e. The van der Waals surface area contributed by atoms with Crippen molar-refractivity contribution < 1.29 is 23.9 Å². The summed E-state index contributed by atoms with van der Waals surface area (Å²) in [4.78, 5) is 38.6. The highest BCUT2D eigenvalue weighted by atomic mass is 16.5. The lowest BCUT2D eigenvalue weighted by Gasteiger charge is -2.17. The summed E-state index contributed by atoms with van der Waals surface area (Å²) in [6.45, 7) is 3.77. The van der Waals surface area contributed by atoms with Crippen molar-refractivity contribution in [3.8, 4) is 5.75 Å². The van der Waals surface area contributed by atoms with Gasteiger partial charge in [-0.2, -0.15) is 0 Å². The number of benzene rings is 2. The number of aryl methyl sites for hydroxylation is 2. The third-order valence-corrected chi connectivity index (χ3v) is 5.19. The molecule has 158 valence electrons. The number of hydrogen-bond acceptors (Lipinski definition) is 5. The van der Waals surface area contributed by atoms with Crippen molar-refractivity contribution >= 4 is 29.2 Å². The van der Waals surface area contributed by atoms with E-state index in [0.717, 1.165) is 23.2 Å². The topological polar surface area (TPSA) is 84.9 Å². The van der Waals surface area contributed by atoms with Crippen LogP contribution in [0.15, 0.2) is 42.5 Å². The number of rotatable bonds is 7.